The zero-order valence-electron chi connectivity index (χ0n) is 16.0. The minimum atomic E-state index is -3.56. The predicted octanol–water partition coefficient (Wildman–Crippen LogP) is 2.73. The van der Waals surface area contributed by atoms with E-state index in [1.54, 1.807) is 17.0 Å². The van der Waals surface area contributed by atoms with E-state index in [4.69, 9.17) is 0 Å². The van der Waals surface area contributed by atoms with E-state index in [0.717, 1.165) is 18.4 Å². The van der Waals surface area contributed by atoms with Gasteiger partial charge in [0.2, 0.25) is 15.9 Å². The number of piperazine rings is 1. The summed E-state index contributed by atoms with van der Waals surface area (Å²) >= 11 is 0. The fraction of sp³-hybridized carbons (Fsp3) is 0.600. The smallest absolute Gasteiger partial charge is 0.243 e. The number of carbonyl (C=O) groups is 1. The molecule has 1 heterocycles. The summed E-state index contributed by atoms with van der Waals surface area (Å²) in [6.45, 7) is 5.34. The van der Waals surface area contributed by atoms with E-state index in [0.29, 0.717) is 31.8 Å². The summed E-state index contributed by atoms with van der Waals surface area (Å²) in [5, 5.41) is 9.51. The number of hydrogen-bond acceptors (Lipinski definition) is 4. The van der Waals surface area contributed by atoms with E-state index >= 15 is 0 Å². The summed E-state index contributed by atoms with van der Waals surface area (Å²) in [6, 6.07) is 9.26. The number of nitriles is 1. The Labute approximate surface area is 161 Å². The second-order valence-corrected chi connectivity index (χ2v) is 9.76. The van der Waals surface area contributed by atoms with Crippen molar-refractivity contribution in [3.63, 3.8) is 0 Å². The molecule has 6 nitrogen and oxygen atoms in total. The van der Waals surface area contributed by atoms with Crippen LogP contribution < -0.4 is 0 Å². The standard InChI is InChI=1S/C20H27N3O3S/c1-16(2)17-5-7-18(8-6-17)27(25,26)23-13-11-22(12-14-23)19(24)20(15-21)9-3-4-10-20/h5-8,16H,3-4,9-14H2,1-2H3. The Morgan fingerprint density at radius 2 is 1.63 bits per heavy atom. The van der Waals surface area contributed by atoms with Gasteiger partial charge in [0, 0.05) is 26.2 Å². The maximum absolute atomic E-state index is 12.9. The predicted molar refractivity (Wildman–Crippen MR) is 102 cm³/mol. The molecule has 0 atom stereocenters. The molecule has 0 unspecified atom stereocenters. The average Bonchev–Trinajstić information content (AvgIpc) is 3.18. The third kappa shape index (κ3) is 3.74. The topological polar surface area (TPSA) is 81.5 Å². The van der Waals surface area contributed by atoms with Crippen molar-refractivity contribution in [1.82, 2.24) is 9.21 Å². The summed E-state index contributed by atoms with van der Waals surface area (Å²) in [4.78, 5) is 14.8. The summed E-state index contributed by atoms with van der Waals surface area (Å²) in [6.07, 6.45) is 3.03. The molecule has 2 fully saturated rings. The van der Waals surface area contributed by atoms with Gasteiger partial charge in [0.25, 0.3) is 0 Å². The molecule has 0 radical (unpaired) electrons. The van der Waals surface area contributed by atoms with Gasteiger partial charge in [0.05, 0.1) is 11.0 Å². The van der Waals surface area contributed by atoms with Crippen LogP contribution in [0.15, 0.2) is 29.2 Å². The first-order valence-electron chi connectivity index (χ1n) is 9.61. The Bertz CT molecular complexity index is 826. The monoisotopic (exact) mass is 389 g/mol. The Balaban J connectivity index is 1.68. The minimum Gasteiger partial charge on any atom is -0.339 e. The molecule has 1 aliphatic heterocycles. The largest absolute Gasteiger partial charge is 0.339 e. The van der Waals surface area contributed by atoms with Crippen molar-refractivity contribution in [2.24, 2.45) is 5.41 Å². The minimum absolute atomic E-state index is 0.124. The maximum atomic E-state index is 12.9. The molecule has 1 saturated heterocycles. The van der Waals surface area contributed by atoms with Crippen LogP contribution in [-0.4, -0.2) is 49.7 Å². The summed E-state index contributed by atoms with van der Waals surface area (Å²) in [7, 11) is -3.56. The lowest BCUT2D eigenvalue weighted by molar-refractivity contribution is -0.140. The lowest BCUT2D eigenvalue weighted by atomic mass is 9.86. The number of sulfonamides is 1. The van der Waals surface area contributed by atoms with Crippen molar-refractivity contribution in [3.05, 3.63) is 29.8 Å². The van der Waals surface area contributed by atoms with Gasteiger partial charge in [-0.3, -0.25) is 4.79 Å². The van der Waals surface area contributed by atoms with Crippen molar-refractivity contribution in [3.8, 4) is 6.07 Å². The summed E-state index contributed by atoms with van der Waals surface area (Å²) < 4.78 is 27.2. The number of carbonyl (C=O) groups excluding carboxylic acids is 1. The molecule has 27 heavy (non-hydrogen) atoms. The first-order valence-corrected chi connectivity index (χ1v) is 11.0. The van der Waals surface area contributed by atoms with Crippen LogP contribution in [0.4, 0.5) is 0 Å². The number of benzene rings is 1. The molecule has 0 N–H and O–H groups in total. The van der Waals surface area contributed by atoms with Crippen LogP contribution >= 0.6 is 0 Å². The number of amides is 1. The highest BCUT2D eigenvalue weighted by Gasteiger charge is 2.45. The van der Waals surface area contributed by atoms with E-state index in [9.17, 15) is 18.5 Å². The van der Waals surface area contributed by atoms with Crippen molar-refractivity contribution >= 4 is 15.9 Å². The van der Waals surface area contributed by atoms with Crippen molar-refractivity contribution in [1.29, 1.82) is 5.26 Å². The van der Waals surface area contributed by atoms with Crippen LogP contribution in [0.2, 0.25) is 0 Å². The van der Waals surface area contributed by atoms with E-state index in [1.165, 1.54) is 4.31 Å². The van der Waals surface area contributed by atoms with Gasteiger partial charge in [-0.15, -0.1) is 0 Å². The van der Waals surface area contributed by atoms with Crippen molar-refractivity contribution in [2.45, 2.75) is 50.3 Å². The maximum Gasteiger partial charge on any atom is 0.243 e. The van der Waals surface area contributed by atoms with E-state index < -0.39 is 15.4 Å². The molecule has 1 saturated carbocycles. The van der Waals surface area contributed by atoms with Gasteiger partial charge < -0.3 is 4.90 Å². The van der Waals surface area contributed by atoms with Gasteiger partial charge in [0.15, 0.2) is 0 Å². The number of nitrogens with zero attached hydrogens (tertiary/aromatic N) is 3. The zero-order chi connectivity index (χ0) is 19.7. The highest BCUT2D eigenvalue weighted by atomic mass is 32.2. The number of hydrogen-bond donors (Lipinski definition) is 0. The Kier molecular flexibility index (Phi) is 5.59. The Morgan fingerprint density at radius 1 is 1.07 bits per heavy atom. The van der Waals surface area contributed by atoms with Gasteiger partial charge in [-0.1, -0.05) is 38.8 Å². The van der Waals surface area contributed by atoms with Crippen LogP contribution in [0.5, 0.6) is 0 Å². The third-order valence-electron chi connectivity index (χ3n) is 5.79. The van der Waals surface area contributed by atoms with Crippen LogP contribution in [0.25, 0.3) is 0 Å². The molecular weight excluding hydrogens is 362 g/mol. The molecule has 1 aliphatic carbocycles. The molecule has 0 spiro atoms. The molecule has 0 aromatic heterocycles. The van der Waals surface area contributed by atoms with Crippen LogP contribution in [0, 0.1) is 16.7 Å². The van der Waals surface area contributed by atoms with Gasteiger partial charge in [-0.25, -0.2) is 8.42 Å². The van der Waals surface area contributed by atoms with Crippen LogP contribution in [0.3, 0.4) is 0 Å². The van der Waals surface area contributed by atoms with Gasteiger partial charge >= 0.3 is 0 Å². The lowest BCUT2D eigenvalue weighted by Crippen LogP contribution is -2.53. The van der Waals surface area contributed by atoms with E-state index in [-0.39, 0.29) is 23.9 Å². The molecule has 146 valence electrons. The molecule has 1 aromatic rings. The molecule has 7 heteroatoms. The molecule has 0 bridgehead atoms. The number of rotatable bonds is 4. The zero-order valence-corrected chi connectivity index (χ0v) is 16.8. The Morgan fingerprint density at radius 3 is 2.11 bits per heavy atom. The molecule has 1 amide bonds. The van der Waals surface area contributed by atoms with Crippen LogP contribution in [-0.2, 0) is 14.8 Å². The second kappa shape index (κ2) is 7.61. The summed E-state index contributed by atoms with van der Waals surface area (Å²) in [5.41, 5.74) is 0.205. The normalized spacial score (nSPS) is 20.6. The average molecular weight is 390 g/mol. The quantitative estimate of drug-likeness (QED) is 0.793. The highest BCUT2D eigenvalue weighted by Crippen LogP contribution is 2.39. The van der Waals surface area contributed by atoms with Gasteiger partial charge in [-0.2, -0.15) is 9.57 Å². The third-order valence-corrected chi connectivity index (χ3v) is 7.70. The van der Waals surface area contributed by atoms with Crippen molar-refractivity contribution < 1.29 is 13.2 Å². The highest BCUT2D eigenvalue weighted by molar-refractivity contribution is 7.89. The van der Waals surface area contributed by atoms with Crippen LogP contribution in [0.1, 0.15) is 51.0 Å². The first-order chi connectivity index (χ1) is 12.8. The molecular formula is C20H27N3O3S. The van der Waals surface area contributed by atoms with Gasteiger partial charge in [0.1, 0.15) is 5.41 Å². The first kappa shape index (κ1) is 19.8. The second-order valence-electron chi connectivity index (χ2n) is 7.82. The molecule has 1 aromatic carbocycles. The summed E-state index contributed by atoms with van der Waals surface area (Å²) in [5.74, 6) is 0.222. The van der Waals surface area contributed by atoms with Crippen molar-refractivity contribution in [2.75, 3.05) is 26.2 Å². The van der Waals surface area contributed by atoms with E-state index in [2.05, 4.69) is 19.9 Å². The fourth-order valence-electron chi connectivity index (χ4n) is 3.96. The SMILES string of the molecule is CC(C)c1ccc(S(=O)(=O)N2CCN(C(=O)C3(C#N)CCCC3)CC2)cc1. The molecule has 3 rings (SSSR count). The van der Waals surface area contributed by atoms with E-state index in [1.807, 2.05) is 12.1 Å². The molecule has 2 aliphatic rings. The fourth-order valence-corrected chi connectivity index (χ4v) is 5.38. The lowest BCUT2D eigenvalue weighted by Gasteiger charge is -2.37. The van der Waals surface area contributed by atoms with Gasteiger partial charge in [-0.05, 0) is 36.5 Å². The Hall–Kier alpha value is -1.91.